The number of carbonyl (C=O) groups is 1. The van der Waals surface area contributed by atoms with E-state index in [1.807, 2.05) is 34.6 Å². The second-order valence-corrected chi connectivity index (χ2v) is 4.93. The molecule has 0 aromatic rings. The fraction of sp³-hybridized carbons (Fsp3) is 0.900. The normalized spacial score (nSPS) is 31.1. The van der Waals surface area contributed by atoms with Gasteiger partial charge in [-0.2, -0.15) is 0 Å². The zero-order valence-electron chi connectivity index (χ0n) is 9.51. The van der Waals surface area contributed by atoms with Gasteiger partial charge in [-0.3, -0.25) is 0 Å². The highest BCUT2D eigenvalue weighted by atomic mass is 16.6. The van der Waals surface area contributed by atoms with Crippen molar-refractivity contribution in [3.63, 3.8) is 0 Å². The molecule has 1 aliphatic rings. The smallest absolute Gasteiger partial charge is 0.407 e. The summed E-state index contributed by atoms with van der Waals surface area (Å²) in [7, 11) is 0. The third-order valence-electron chi connectivity index (χ3n) is 2.23. The quantitative estimate of drug-likeness (QED) is 0.692. The molecule has 1 N–H and O–H groups in total. The maximum atomic E-state index is 11.3. The fourth-order valence-electron chi connectivity index (χ4n) is 1.12. The summed E-state index contributed by atoms with van der Waals surface area (Å²) in [5.41, 5.74) is -0.641. The molecule has 4 heteroatoms. The summed E-state index contributed by atoms with van der Waals surface area (Å²) in [6.07, 6.45) is -0.168. The van der Waals surface area contributed by atoms with Gasteiger partial charge in [0.15, 0.2) is 0 Å². The second-order valence-electron chi connectivity index (χ2n) is 4.93. The first kappa shape index (κ1) is 11.3. The van der Waals surface area contributed by atoms with Crippen molar-refractivity contribution < 1.29 is 14.3 Å². The molecule has 0 bridgehead atoms. The molecular weight excluding hydrogens is 182 g/mol. The van der Waals surface area contributed by atoms with Crippen molar-refractivity contribution in [2.75, 3.05) is 6.54 Å². The van der Waals surface area contributed by atoms with Crippen LogP contribution in [0.2, 0.25) is 0 Å². The van der Waals surface area contributed by atoms with Gasteiger partial charge in [-0.25, -0.2) is 4.79 Å². The van der Waals surface area contributed by atoms with E-state index >= 15 is 0 Å². The topological polar surface area (TPSA) is 50.9 Å². The van der Waals surface area contributed by atoms with Crippen LogP contribution >= 0.6 is 0 Å². The summed E-state index contributed by atoms with van der Waals surface area (Å²) < 4.78 is 10.4. The number of hydrogen-bond donors (Lipinski definition) is 1. The molecule has 0 saturated carbocycles. The van der Waals surface area contributed by atoms with E-state index in [4.69, 9.17) is 9.47 Å². The number of rotatable bonds is 2. The Bertz CT molecular complexity index is 234. The molecule has 0 spiro atoms. The van der Waals surface area contributed by atoms with Gasteiger partial charge in [0.05, 0.1) is 12.6 Å². The van der Waals surface area contributed by atoms with Crippen LogP contribution in [0.1, 0.15) is 34.6 Å². The Balaban J connectivity index is 2.23. The molecule has 0 aromatic carbocycles. The van der Waals surface area contributed by atoms with E-state index in [0.29, 0.717) is 6.54 Å². The first-order chi connectivity index (χ1) is 6.23. The Morgan fingerprint density at radius 3 is 2.43 bits per heavy atom. The minimum Gasteiger partial charge on any atom is -0.444 e. The predicted octanol–water partition coefficient (Wildman–Crippen LogP) is 1.69. The summed E-state index contributed by atoms with van der Waals surface area (Å²) in [6.45, 7) is 9.97. The Kier molecular flexibility index (Phi) is 2.76. The molecule has 1 fully saturated rings. The molecule has 0 radical (unpaired) electrons. The highest BCUT2D eigenvalue weighted by molar-refractivity contribution is 5.67. The van der Waals surface area contributed by atoms with Gasteiger partial charge in [0.2, 0.25) is 0 Å². The van der Waals surface area contributed by atoms with Crippen molar-refractivity contribution >= 4 is 6.09 Å². The molecule has 1 amide bonds. The van der Waals surface area contributed by atoms with Gasteiger partial charge in [-0.15, -0.1) is 0 Å². The van der Waals surface area contributed by atoms with Crippen molar-refractivity contribution in [1.82, 2.24) is 5.32 Å². The lowest BCUT2D eigenvalue weighted by molar-refractivity contribution is 0.0515. The van der Waals surface area contributed by atoms with Gasteiger partial charge in [-0.05, 0) is 34.6 Å². The summed E-state index contributed by atoms with van der Waals surface area (Å²) in [5.74, 6) is 0. The minimum absolute atomic E-state index is 0.198. The van der Waals surface area contributed by atoms with E-state index in [1.54, 1.807) is 0 Å². The molecule has 14 heavy (non-hydrogen) atoms. The average Bonchev–Trinajstić information content (AvgIpc) is 2.53. The van der Waals surface area contributed by atoms with Crippen LogP contribution in [0.5, 0.6) is 0 Å². The summed E-state index contributed by atoms with van der Waals surface area (Å²) in [6, 6.07) is 0. The van der Waals surface area contributed by atoms with Crippen molar-refractivity contribution in [3.8, 4) is 0 Å². The molecule has 2 atom stereocenters. The van der Waals surface area contributed by atoms with Gasteiger partial charge in [0.25, 0.3) is 0 Å². The van der Waals surface area contributed by atoms with Gasteiger partial charge < -0.3 is 14.8 Å². The molecule has 1 saturated heterocycles. The van der Waals surface area contributed by atoms with Crippen LogP contribution in [0.4, 0.5) is 4.79 Å². The van der Waals surface area contributed by atoms with Gasteiger partial charge in [-0.1, -0.05) is 0 Å². The van der Waals surface area contributed by atoms with Crippen molar-refractivity contribution in [2.45, 2.75) is 51.9 Å². The molecule has 0 aromatic heterocycles. The minimum atomic E-state index is -0.443. The van der Waals surface area contributed by atoms with E-state index in [-0.39, 0.29) is 17.8 Å². The van der Waals surface area contributed by atoms with Crippen LogP contribution in [0, 0.1) is 0 Å². The first-order valence-electron chi connectivity index (χ1n) is 4.88. The van der Waals surface area contributed by atoms with E-state index in [2.05, 4.69) is 5.32 Å². The molecule has 0 aliphatic carbocycles. The number of alkyl carbamates (subject to hydrolysis) is 1. The lowest BCUT2D eigenvalue weighted by Crippen LogP contribution is -2.37. The van der Waals surface area contributed by atoms with Crippen LogP contribution in [0.25, 0.3) is 0 Å². The lowest BCUT2D eigenvalue weighted by atomic mass is 10.1. The Hall–Kier alpha value is -0.770. The Morgan fingerprint density at radius 1 is 1.57 bits per heavy atom. The first-order valence-corrected chi connectivity index (χ1v) is 4.88. The molecule has 1 heterocycles. The molecular formula is C10H19NO3. The second kappa shape index (κ2) is 3.42. The highest BCUT2D eigenvalue weighted by Crippen LogP contribution is 2.34. The summed E-state index contributed by atoms with van der Waals surface area (Å²) in [5, 5.41) is 2.69. The van der Waals surface area contributed by atoms with E-state index in [1.165, 1.54) is 0 Å². The molecule has 82 valence electrons. The SMILES string of the molecule is CC1OC1(C)CNC(=O)OC(C)(C)C. The number of carbonyl (C=O) groups excluding carboxylic acids is 1. The molecule has 1 rings (SSSR count). The molecule has 2 unspecified atom stereocenters. The van der Waals surface area contributed by atoms with Crippen LogP contribution in [-0.2, 0) is 9.47 Å². The molecule has 4 nitrogen and oxygen atoms in total. The lowest BCUT2D eigenvalue weighted by Gasteiger charge is -2.20. The number of amides is 1. The third-order valence-corrected chi connectivity index (χ3v) is 2.23. The number of nitrogens with one attached hydrogen (secondary N) is 1. The van der Waals surface area contributed by atoms with Crippen molar-refractivity contribution in [3.05, 3.63) is 0 Å². The average molecular weight is 201 g/mol. The maximum absolute atomic E-state index is 11.3. The van der Waals surface area contributed by atoms with Crippen LogP contribution < -0.4 is 5.32 Å². The van der Waals surface area contributed by atoms with Crippen molar-refractivity contribution in [2.24, 2.45) is 0 Å². The number of epoxide rings is 1. The third kappa shape index (κ3) is 3.18. The summed E-state index contributed by atoms with van der Waals surface area (Å²) >= 11 is 0. The fourth-order valence-corrected chi connectivity index (χ4v) is 1.12. The van der Waals surface area contributed by atoms with E-state index in [9.17, 15) is 4.79 Å². The predicted molar refractivity (Wildman–Crippen MR) is 53.2 cm³/mol. The number of hydrogen-bond acceptors (Lipinski definition) is 3. The van der Waals surface area contributed by atoms with Crippen LogP contribution in [-0.4, -0.2) is 29.9 Å². The summed E-state index contributed by atoms with van der Waals surface area (Å²) in [4.78, 5) is 11.3. The van der Waals surface area contributed by atoms with E-state index in [0.717, 1.165) is 0 Å². The maximum Gasteiger partial charge on any atom is 0.407 e. The molecule has 1 aliphatic heterocycles. The zero-order chi connectivity index (χ0) is 11.0. The van der Waals surface area contributed by atoms with Gasteiger partial charge >= 0.3 is 6.09 Å². The Morgan fingerprint density at radius 2 is 2.07 bits per heavy atom. The Labute approximate surface area is 85.0 Å². The van der Waals surface area contributed by atoms with Crippen LogP contribution in [0.3, 0.4) is 0 Å². The van der Waals surface area contributed by atoms with Gasteiger partial charge in [0, 0.05) is 0 Å². The van der Waals surface area contributed by atoms with E-state index < -0.39 is 5.60 Å². The highest BCUT2D eigenvalue weighted by Gasteiger charge is 2.48. The van der Waals surface area contributed by atoms with Gasteiger partial charge in [0.1, 0.15) is 11.2 Å². The number of ether oxygens (including phenoxy) is 2. The monoisotopic (exact) mass is 201 g/mol. The van der Waals surface area contributed by atoms with Crippen LogP contribution in [0.15, 0.2) is 0 Å². The zero-order valence-corrected chi connectivity index (χ0v) is 9.51. The largest absolute Gasteiger partial charge is 0.444 e. The standard InChI is InChI=1S/C10H19NO3/c1-7-10(5,13-7)6-11-8(12)14-9(2,3)4/h7H,6H2,1-5H3,(H,11,12). The van der Waals surface area contributed by atoms with Crippen molar-refractivity contribution in [1.29, 1.82) is 0 Å².